The van der Waals surface area contributed by atoms with Crippen LogP contribution in [0.5, 0.6) is 0 Å². The lowest BCUT2D eigenvalue weighted by Gasteiger charge is -2.26. The highest BCUT2D eigenvalue weighted by atomic mass is 16.6. The van der Waals surface area contributed by atoms with E-state index >= 15 is 0 Å². The summed E-state index contributed by atoms with van der Waals surface area (Å²) in [7, 11) is 0. The number of carbonyl (C=O) groups excluding carboxylic acids is 2. The van der Waals surface area contributed by atoms with Gasteiger partial charge in [-0.15, -0.1) is 0 Å². The summed E-state index contributed by atoms with van der Waals surface area (Å²) in [6.45, 7) is 4.84. The summed E-state index contributed by atoms with van der Waals surface area (Å²) in [5.41, 5.74) is 0.283. The van der Waals surface area contributed by atoms with Gasteiger partial charge >= 0.3 is 5.97 Å². The number of ether oxygens (including phenoxy) is 2. The van der Waals surface area contributed by atoms with Gasteiger partial charge in [-0.2, -0.15) is 0 Å². The second-order valence-electron chi connectivity index (χ2n) is 7.22. The van der Waals surface area contributed by atoms with Gasteiger partial charge in [0, 0.05) is 6.04 Å². The van der Waals surface area contributed by atoms with Crippen LogP contribution in [0.25, 0.3) is 0 Å². The highest BCUT2D eigenvalue weighted by Gasteiger charge is 2.67. The summed E-state index contributed by atoms with van der Waals surface area (Å²) < 4.78 is 11.6. The number of carbonyl (C=O) groups is 2. The van der Waals surface area contributed by atoms with E-state index in [-0.39, 0.29) is 30.6 Å². The number of benzene rings is 1. The molecule has 3 aliphatic heterocycles. The maximum atomic E-state index is 13.0. The molecule has 5 atom stereocenters. The molecule has 3 aliphatic rings. The molecular formula is C20H23NO4. The zero-order chi connectivity index (χ0) is 17.6. The lowest BCUT2D eigenvalue weighted by atomic mass is 9.77. The lowest BCUT2D eigenvalue weighted by Crippen LogP contribution is -2.41. The van der Waals surface area contributed by atoms with Crippen LogP contribution in [0.3, 0.4) is 0 Å². The van der Waals surface area contributed by atoms with Crippen LogP contribution in [0.2, 0.25) is 0 Å². The molecule has 2 saturated heterocycles. The molecule has 2 fully saturated rings. The third-order valence-electron chi connectivity index (χ3n) is 5.75. The van der Waals surface area contributed by atoms with Crippen molar-refractivity contribution in [2.24, 2.45) is 11.8 Å². The van der Waals surface area contributed by atoms with E-state index in [0.717, 1.165) is 12.0 Å². The lowest BCUT2D eigenvalue weighted by molar-refractivity contribution is -0.155. The smallest absolute Gasteiger partial charge is 0.313 e. The van der Waals surface area contributed by atoms with Crippen molar-refractivity contribution in [1.82, 2.24) is 4.90 Å². The minimum atomic E-state index is -0.651. The van der Waals surface area contributed by atoms with E-state index in [1.165, 1.54) is 0 Å². The van der Waals surface area contributed by atoms with E-state index in [9.17, 15) is 9.59 Å². The molecule has 0 radical (unpaired) electrons. The van der Waals surface area contributed by atoms with Gasteiger partial charge in [-0.1, -0.05) is 49.4 Å². The topological polar surface area (TPSA) is 55.8 Å². The molecule has 2 bridgehead atoms. The van der Waals surface area contributed by atoms with E-state index in [4.69, 9.17) is 9.47 Å². The number of likely N-dealkylation sites (tertiary alicyclic amines) is 1. The van der Waals surface area contributed by atoms with Crippen LogP contribution in [0.15, 0.2) is 42.5 Å². The molecule has 1 amide bonds. The number of rotatable bonds is 5. The minimum Gasteiger partial charge on any atom is -0.460 e. The molecule has 1 aromatic carbocycles. The Morgan fingerprint density at radius 1 is 1.40 bits per heavy atom. The van der Waals surface area contributed by atoms with Gasteiger partial charge in [0.1, 0.15) is 18.1 Å². The molecule has 25 heavy (non-hydrogen) atoms. The normalized spacial score (nSPS) is 33.6. The molecule has 132 valence electrons. The molecule has 0 N–H and O–H groups in total. The summed E-state index contributed by atoms with van der Waals surface area (Å²) >= 11 is 0. The average molecular weight is 341 g/mol. The number of hydrogen-bond donors (Lipinski definition) is 0. The van der Waals surface area contributed by atoms with Crippen molar-refractivity contribution in [2.75, 3.05) is 6.54 Å². The van der Waals surface area contributed by atoms with Gasteiger partial charge in [0.05, 0.1) is 18.6 Å². The summed E-state index contributed by atoms with van der Waals surface area (Å²) in [5.74, 6) is -1.33. The zero-order valence-electron chi connectivity index (χ0n) is 14.6. The molecule has 5 heteroatoms. The Morgan fingerprint density at radius 2 is 2.16 bits per heavy atom. The summed E-state index contributed by atoms with van der Waals surface area (Å²) in [5, 5.41) is 0. The Labute approximate surface area is 147 Å². The van der Waals surface area contributed by atoms with Crippen LogP contribution < -0.4 is 0 Å². The van der Waals surface area contributed by atoms with Crippen molar-refractivity contribution in [1.29, 1.82) is 0 Å². The average Bonchev–Trinajstić information content (AvgIpc) is 3.28. The second kappa shape index (κ2) is 5.99. The first-order valence-corrected chi connectivity index (χ1v) is 8.94. The van der Waals surface area contributed by atoms with Gasteiger partial charge in [-0.3, -0.25) is 9.59 Å². The third kappa shape index (κ3) is 2.49. The number of hydrogen-bond acceptors (Lipinski definition) is 4. The quantitative estimate of drug-likeness (QED) is 0.609. The maximum Gasteiger partial charge on any atom is 0.313 e. The van der Waals surface area contributed by atoms with Crippen LogP contribution in [-0.2, 0) is 25.7 Å². The van der Waals surface area contributed by atoms with Gasteiger partial charge in [-0.25, -0.2) is 0 Å². The van der Waals surface area contributed by atoms with Crippen LogP contribution in [0.1, 0.15) is 25.8 Å². The fourth-order valence-electron chi connectivity index (χ4n) is 4.22. The molecule has 3 heterocycles. The molecule has 0 unspecified atom stereocenters. The Bertz CT molecular complexity index is 716. The van der Waals surface area contributed by atoms with Gasteiger partial charge < -0.3 is 14.4 Å². The van der Waals surface area contributed by atoms with E-state index in [1.807, 2.05) is 54.3 Å². The molecule has 0 aromatic heterocycles. The number of nitrogens with zero attached hydrogens (tertiary/aromatic N) is 1. The summed E-state index contributed by atoms with van der Waals surface area (Å²) in [4.78, 5) is 27.6. The Kier molecular flexibility index (Phi) is 3.91. The van der Waals surface area contributed by atoms with Gasteiger partial charge in [0.2, 0.25) is 5.91 Å². The first kappa shape index (κ1) is 16.3. The Morgan fingerprint density at radius 3 is 2.88 bits per heavy atom. The standard InChI is InChI=1S/C20H23NO4/c1-3-13(2)21-12-20-10-9-15(25-20)16(17(20)18(21)22)19(23)24-11-14-7-5-4-6-8-14/h4-10,13,15-17H,3,11-12H2,1-2H3/t13-,15+,16-,17-,20+/m0/s1. The van der Waals surface area contributed by atoms with Crippen molar-refractivity contribution in [3.05, 3.63) is 48.0 Å². The fourth-order valence-corrected chi connectivity index (χ4v) is 4.22. The molecule has 1 spiro atoms. The van der Waals surface area contributed by atoms with Crippen LogP contribution in [0, 0.1) is 11.8 Å². The summed E-state index contributed by atoms with van der Waals surface area (Å²) in [6.07, 6.45) is 4.42. The van der Waals surface area contributed by atoms with Gasteiger partial charge in [-0.05, 0) is 18.9 Å². The van der Waals surface area contributed by atoms with Crippen LogP contribution in [-0.4, -0.2) is 41.1 Å². The zero-order valence-corrected chi connectivity index (χ0v) is 14.6. The molecule has 1 aromatic rings. The first-order valence-electron chi connectivity index (χ1n) is 8.94. The minimum absolute atomic E-state index is 0.0165. The van der Waals surface area contributed by atoms with Crippen molar-refractivity contribution >= 4 is 11.9 Å². The SMILES string of the molecule is CC[C@H](C)N1C[C@@]23C=C[C@@H](O2)[C@H](C(=O)OCc2ccccc2)[C@H]3C1=O. The van der Waals surface area contributed by atoms with Crippen LogP contribution >= 0.6 is 0 Å². The van der Waals surface area contributed by atoms with E-state index in [2.05, 4.69) is 6.92 Å². The van der Waals surface area contributed by atoms with Gasteiger partial charge in [0.25, 0.3) is 0 Å². The van der Waals surface area contributed by atoms with E-state index < -0.39 is 17.4 Å². The predicted octanol–water partition coefficient (Wildman–Crippen LogP) is 2.31. The Balaban J connectivity index is 1.52. The second-order valence-corrected chi connectivity index (χ2v) is 7.22. The number of fused-ring (bicyclic) bond motifs is 1. The van der Waals surface area contributed by atoms with Crippen molar-refractivity contribution < 1.29 is 19.1 Å². The van der Waals surface area contributed by atoms with Gasteiger partial charge in [0.15, 0.2) is 0 Å². The van der Waals surface area contributed by atoms with Crippen molar-refractivity contribution in [2.45, 2.75) is 44.6 Å². The fraction of sp³-hybridized carbons (Fsp3) is 0.500. The maximum absolute atomic E-state index is 13.0. The highest BCUT2D eigenvalue weighted by Crippen LogP contribution is 2.52. The van der Waals surface area contributed by atoms with E-state index in [1.54, 1.807) is 0 Å². The third-order valence-corrected chi connectivity index (χ3v) is 5.75. The predicted molar refractivity (Wildman–Crippen MR) is 91.4 cm³/mol. The number of esters is 1. The highest BCUT2D eigenvalue weighted by molar-refractivity contribution is 5.91. The van der Waals surface area contributed by atoms with Crippen molar-refractivity contribution in [3.63, 3.8) is 0 Å². The molecule has 5 nitrogen and oxygen atoms in total. The first-order chi connectivity index (χ1) is 12.1. The monoisotopic (exact) mass is 341 g/mol. The molecule has 0 saturated carbocycles. The molecule has 4 rings (SSSR count). The molecule has 0 aliphatic carbocycles. The summed E-state index contributed by atoms with van der Waals surface area (Å²) in [6, 6.07) is 9.71. The Hall–Kier alpha value is -2.14. The van der Waals surface area contributed by atoms with Crippen LogP contribution in [0.4, 0.5) is 0 Å². The largest absolute Gasteiger partial charge is 0.460 e. The van der Waals surface area contributed by atoms with E-state index in [0.29, 0.717) is 6.54 Å². The number of amides is 1. The van der Waals surface area contributed by atoms with Crippen molar-refractivity contribution in [3.8, 4) is 0 Å². The molecular weight excluding hydrogens is 318 g/mol.